The van der Waals surface area contributed by atoms with Gasteiger partial charge in [-0.25, -0.2) is 0 Å². The molecule has 1 unspecified atom stereocenters. The van der Waals surface area contributed by atoms with Crippen LogP contribution in [-0.4, -0.2) is 19.1 Å². The van der Waals surface area contributed by atoms with Crippen LogP contribution in [0.15, 0.2) is 30.3 Å². The molecular weight excluding hydrogens is 367 g/mol. The third-order valence-corrected chi connectivity index (χ3v) is 8.49. The fourth-order valence-electron chi connectivity index (χ4n) is 3.34. The quantitative estimate of drug-likeness (QED) is 0.212. The van der Waals surface area contributed by atoms with Crippen LogP contribution >= 0.6 is 0 Å². The molecule has 0 radical (unpaired) electrons. The van der Waals surface area contributed by atoms with E-state index in [1.165, 1.54) is 95.5 Å². The summed E-state index contributed by atoms with van der Waals surface area (Å²) in [7, 11) is 0. The monoisotopic (exact) mass is 408 g/mol. The maximum absolute atomic E-state index is 10.2. The Balaban J connectivity index is 1.80. The molecule has 1 aromatic carbocycles. The molecule has 0 aliphatic heterocycles. The molecule has 0 heterocycles. The first kappa shape index (κ1) is 22.8. The van der Waals surface area contributed by atoms with Crippen LogP contribution in [0, 0.1) is 0 Å². The fourth-order valence-corrected chi connectivity index (χ4v) is 6.28. The second kappa shape index (κ2) is 17.2. The third kappa shape index (κ3) is 14.6. The number of rotatable bonds is 17. The van der Waals surface area contributed by atoms with E-state index in [1.807, 2.05) is 0 Å². The number of hydrogen-bond donors (Lipinski definition) is 1. The Morgan fingerprint density at radius 2 is 1.12 bits per heavy atom. The van der Waals surface area contributed by atoms with Crippen molar-refractivity contribution in [3.05, 3.63) is 35.9 Å². The summed E-state index contributed by atoms with van der Waals surface area (Å²) in [6, 6.07) is 10.8. The van der Waals surface area contributed by atoms with E-state index in [9.17, 15) is 4.10 Å². The van der Waals surface area contributed by atoms with E-state index in [4.69, 9.17) is 0 Å². The minimum absolute atomic E-state index is 1.14. The first-order valence-electron chi connectivity index (χ1n) is 10.8. The number of benzene rings is 1. The molecule has 0 spiro atoms. The molecule has 1 atom stereocenters. The van der Waals surface area contributed by atoms with E-state index in [0.717, 1.165) is 10.4 Å². The van der Waals surface area contributed by atoms with Crippen LogP contribution in [0.3, 0.4) is 0 Å². The normalized spacial score (nSPS) is 12.4. The Morgan fingerprint density at radius 3 is 1.68 bits per heavy atom. The molecule has 1 nitrogen and oxygen atoms in total. The van der Waals surface area contributed by atoms with Crippen molar-refractivity contribution in [2.24, 2.45) is 0 Å². The predicted octanol–water partition coefficient (Wildman–Crippen LogP) is 7.30. The van der Waals surface area contributed by atoms with Crippen molar-refractivity contribution in [2.75, 3.05) is 0 Å². The van der Waals surface area contributed by atoms with Gasteiger partial charge >= 0.3 is 162 Å². The van der Waals surface area contributed by atoms with Crippen molar-refractivity contribution in [2.45, 2.75) is 107 Å². The van der Waals surface area contributed by atoms with E-state index in [-0.39, 0.29) is 0 Å². The van der Waals surface area contributed by atoms with Gasteiger partial charge in [-0.05, 0) is 0 Å². The predicted molar refractivity (Wildman–Crippen MR) is 113 cm³/mol. The molecule has 2 heteroatoms. The van der Waals surface area contributed by atoms with E-state index < -0.39 is 15.0 Å². The van der Waals surface area contributed by atoms with Crippen LogP contribution < -0.4 is 0 Å². The molecular formula is C23H41AsO. The first-order chi connectivity index (χ1) is 12.3. The van der Waals surface area contributed by atoms with Crippen molar-refractivity contribution in [1.29, 1.82) is 0 Å². The summed E-state index contributed by atoms with van der Waals surface area (Å²) in [5, 5.41) is 2.29. The van der Waals surface area contributed by atoms with Crippen LogP contribution in [0.5, 0.6) is 0 Å². The van der Waals surface area contributed by atoms with Crippen molar-refractivity contribution in [3.63, 3.8) is 0 Å². The van der Waals surface area contributed by atoms with E-state index >= 15 is 0 Å². The van der Waals surface area contributed by atoms with Crippen LogP contribution in [0.4, 0.5) is 0 Å². The zero-order chi connectivity index (χ0) is 18.0. The standard InChI is InChI=1S/C23H41AsO/c1-2-3-4-5-6-7-8-9-10-16-21-24(25)22-17-12-15-20-23-18-13-11-14-19-23/h11,13-14,18-19,25H,2-10,12,15-17,20-22H2,1H3. The molecule has 0 aromatic heterocycles. The summed E-state index contributed by atoms with van der Waals surface area (Å²) in [5.41, 5.74) is 1.45. The SMILES string of the molecule is CCCCCCCCCCCC[As](O)CCCCCc1ccccc1. The second-order valence-electron chi connectivity index (χ2n) is 7.43. The fraction of sp³-hybridized carbons (Fsp3) is 0.739. The van der Waals surface area contributed by atoms with Crippen molar-refractivity contribution in [1.82, 2.24) is 0 Å². The van der Waals surface area contributed by atoms with Crippen molar-refractivity contribution >= 4 is 15.0 Å². The van der Waals surface area contributed by atoms with Crippen molar-refractivity contribution in [3.8, 4) is 0 Å². The minimum atomic E-state index is -1.46. The summed E-state index contributed by atoms with van der Waals surface area (Å²) in [6.45, 7) is 2.28. The molecule has 1 aromatic rings. The van der Waals surface area contributed by atoms with Gasteiger partial charge in [0.15, 0.2) is 0 Å². The van der Waals surface area contributed by atoms with Gasteiger partial charge in [0.1, 0.15) is 0 Å². The molecule has 144 valence electrons. The summed E-state index contributed by atoms with van der Waals surface area (Å²) in [5.74, 6) is 0. The zero-order valence-corrected chi connectivity index (χ0v) is 18.5. The number of unbranched alkanes of at least 4 members (excludes halogenated alkanes) is 11. The van der Waals surface area contributed by atoms with Crippen molar-refractivity contribution < 1.29 is 4.10 Å². The topological polar surface area (TPSA) is 20.2 Å². The van der Waals surface area contributed by atoms with E-state index in [0.29, 0.717) is 0 Å². The van der Waals surface area contributed by atoms with Crippen LogP contribution in [-0.2, 0) is 6.42 Å². The summed E-state index contributed by atoms with van der Waals surface area (Å²) < 4.78 is 10.2. The van der Waals surface area contributed by atoms with Gasteiger partial charge in [0.05, 0.1) is 0 Å². The average molecular weight is 409 g/mol. The molecule has 1 rings (SSSR count). The average Bonchev–Trinajstić information content (AvgIpc) is 2.64. The zero-order valence-electron chi connectivity index (χ0n) is 16.6. The van der Waals surface area contributed by atoms with Gasteiger partial charge in [0.2, 0.25) is 0 Å². The summed E-state index contributed by atoms with van der Waals surface area (Å²) in [6.07, 6.45) is 18.9. The third-order valence-electron chi connectivity index (χ3n) is 4.99. The van der Waals surface area contributed by atoms with Crippen LogP contribution in [0.1, 0.15) is 96.0 Å². The molecule has 25 heavy (non-hydrogen) atoms. The molecule has 0 saturated carbocycles. The molecule has 1 N–H and O–H groups in total. The molecule has 0 aliphatic carbocycles. The van der Waals surface area contributed by atoms with Gasteiger partial charge in [0, 0.05) is 0 Å². The van der Waals surface area contributed by atoms with Crippen LogP contribution in [0.25, 0.3) is 0 Å². The number of aryl methyl sites for hydroxylation is 1. The van der Waals surface area contributed by atoms with E-state index in [2.05, 4.69) is 37.3 Å². The first-order valence-corrected chi connectivity index (χ1v) is 14.3. The van der Waals surface area contributed by atoms with Crippen LogP contribution in [0.2, 0.25) is 10.4 Å². The molecule has 0 aliphatic rings. The number of hydrogen-bond acceptors (Lipinski definition) is 1. The van der Waals surface area contributed by atoms with Gasteiger partial charge in [-0.2, -0.15) is 0 Å². The van der Waals surface area contributed by atoms with Gasteiger partial charge in [-0.3, -0.25) is 0 Å². The molecule has 0 fully saturated rings. The Kier molecular flexibility index (Phi) is 15.6. The van der Waals surface area contributed by atoms with Gasteiger partial charge in [-0.15, -0.1) is 0 Å². The van der Waals surface area contributed by atoms with Gasteiger partial charge in [0.25, 0.3) is 0 Å². The summed E-state index contributed by atoms with van der Waals surface area (Å²) >= 11 is -1.46. The second-order valence-corrected chi connectivity index (χ2v) is 11.4. The molecule has 0 saturated heterocycles. The maximum atomic E-state index is 10.2. The Labute approximate surface area is 162 Å². The van der Waals surface area contributed by atoms with Gasteiger partial charge in [-0.1, -0.05) is 0 Å². The van der Waals surface area contributed by atoms with E-state index in [1.54, 1.807) is 0 Å². The Morgan fingerprint density at radius 1 is 0.640 bits per heavy atom. The molecule has 0 amide bonds. The summed E-state index contributed by atoms with van der Waals surface area (Å²) in [4.78, 5) is 0. The van der Waals surface area contributed by atoms with Gasteiger partial charge < -0.3 is 0 Å². The molecule has 0 bridgehead atoms. The Hall–Kier alpha value is -0.262. The Bertz CT molecular complexity index is 379.